The minimum Gasteiger partial charge on any atom is -0.352 e. The molecule has 0 bridgehead atoms. The molecule has 2 unspecified atom stereocenters. The van der Waals surface area contributed by atoms with Gasteiger partial charge in [-0.15, -0.1) is 0 Å². The van der Waals surface area contributed by atoms with Gasteiger partial charge in [-0.3, -0.25) is 10.6 Å². The van der Waals surface area contributed by atoms with Crippen LogP contribution in [0, 0.1) is 18.8 Å². The molecule has 4 N–H and O–H groups in total. The number of nitrogen functional groups attached to an aromatic ring is 1. The second-order valence-corrected chi connectivity index (χ2v) is 5.67. The van der Waals surface area contributed by atoms with Crippen molar-refractivity contribution in [2.24, 2.45) is 17.7 Å². The van der Waals surface area contributed by atoms with Crippen LogP contribution in [-0.2, 0) is 0 Å². The Hall–Kier alpha value is -1.55. The van der Waals surface area contributed by atoms with Crippen LogP contribution in [0.2, 0.25) is 0 Å². The van der Waals surface area contributed by atoms with Crippen molar-refractivity contribution in [1.29, 1.82) is 0 Å². The third-order valence-corrected chi connectivity index (χ3v) is 3.99. The molecule has 1 aliphatic carbocycles. The molecule has 1 amide bonds. The van der Waals surface area contributed by atoms with E-state index in [9.17, 15) is 4.79 Å². The molecule has 0 radical (unpaired) electrons. The molecule has 0 aliphatic heterocycles. The minimum absolute atomic E-state index is 0.0145. The van der Waals surface area contributed by atoms with Crippen molar-refractivity contribution in [2.75, 3.05) is 12.0 Å². The van der Waals surface area contributed by atoms with Gasteiger partial charge in [0.15, 0.2) is 0 Å². The molecule has 1 saturated carbocycles. The van der Waals surface area contributed by atoms with Gasteiger partial charge in [0.2, 0.25) is 0 Å². The molecule has 4 heteroatoms. The highest BCUT2D eigenvalue weighted by atomic mass is 16.1. The summed E-state index contributed by atoms with van der Waals surface area (Å²) < 4.78 is 0. The number of amides is 1. The van der Waals surface area contributed by atoms with Crippen LogP contribution >= 0.6 is 0 Å². The van der Waals surface area contributed by atoms with Crippen LogP contribution < -0.4 is 16.6 Å². The molecular weight excluding hydrogens is 238 g/mol. The van der Waals surface area contributed by atoms with Crippen molar-refractivity contribution >= 4 is 11.6 Å². The van der Waals surface area contributed by atoms with Crippen LogP contribution in [-0.4, -0.2) is 12.5 Å². The second-order valence-electron chi connectivity index (χ2n) is 5.67. The predicted octanol–water partition coefficient (Wildman–Crippen LogP) is 2.45. The van der Waals surface area contributed by atoms with E-state index in [4.69, 9.17) is 5.84 Å². The molecule has 0 spiro atoms. The number of aryl methyl sites for hydroxylation is 1. The number of hydrazine groups is 1. The Morgan fingerprint density at radius 1 is 1.42 bits per heavy atom. The molecule has 2 rings (SSSR count). The summed E-state index contributed by atoms with van der Waals surface area (Å²) in [5.74, 6) is 6.81. The molecule has 1 fully saturated rings. The number of anilines is 1. The number of benzene rings is 1. The van der Waals surface area contributed by atoms with Crippen molar-refractivity contribution in [1.82, 2.24) is 5.32 Å². The van der Waals surface area contributed by atoms with E-state index in [1.54, 1.807) is 0 Å². The number of nitrogens with two attached hydrogens (primary N) is 1. The fourth-order valence-corrected chi connectivity index (χ4v) is 2.85. The molecule has 0 aromatic heterocycles. The van der Waals surface area contributed by atoms with E-state index in [1.165, 1.54) is 19.3 Å². The average molecular weight is 261 g/mol. The van der Waals surface area contributed by atoms with Crippen LogP contribution in [0.25, 0.3) is 0 Å². The van der Waals surface area contributed by atoms with Crippen molar-refractivity contribution in [3.8, 4) is 0 Å². The van der Waals surface area contributed by atoms with Gasteiger partial charge in [-0.05, 0) is 55.4 Å². The van der Waals surface area contributed by atoms with Crippen LogP contribution in [0.3, 0.4) is 0 Å². The summed E-state index contributed by atoms with van der Waals surface area (Å²) in [6.45, 7) is 5.00. The number of carbonyl (C=O) groups is 1. The van der Waals surface area contributed by atoms with Crippen molar-refractivity contribution in [2.45, 2.75) is 33.1 Å². The molecule has 2 atom stereocenters. The average Bonchev–Trinajstić information content (AvgIpc) is 2.81. The summed E-state index contributed by atoms with van der Waals surface area (Å²) >= 11 is 0. The van der Waals surface area contributed by atoms with E-state index in [1.807, 2.05) is 25.1 Å². The molecule has 1 aromatic carbocycles. The summed E-state index contributed by atoms with van der Waals surface area (Å²) in [4.78, 5) is 12.1. The topological polar surface area (TPSA) is 67.1 Å². The summed E-state index contributed by atoms with van der Waals surface area (Å²) in [6, 6.07) is 5.52. The molecule has 0 saturated heterocycles. The fraction of sp³-hybridized carbons (Fsp3) is 0.533. The quantitative estimate of drug-likeness (QED) is 0.576. The first-order valence-corrected chi connectivity index (χ1v) is 6.95. The Morgan fingerprint density at radius 2 is 2.21 bits per heavy atom. The number of carbonyl (C=O) groups excluding carboxylic acids is 1. The third-order valence-electron chi connectivity index (χ3n) is 3.99. The van der Waals surface area contributed by atoms with Gasteiger partial charge in [0.1, 0.15) is 0 Å². The maximum Gasteiger partial charge on any atom is 0.251 e. The Bertz CT molecular complexity index is 459. The predicted molar refractivity (Wildman–Crippen MR) is 77.8 cm³/mol. The van der Waals surface area contributed by atoms with Crippen LogP contribution in [0.15, 0.2) is 18.2 Å². The zero-order valence-corrected chi connectivity index (χ0v) is 11.7. The van der Waals surface area contributed by atoms with Gasteiger partial charge in [0.25, 0.3) is 5.91 Å². The van der Waals surface area contributed by atoms with Gasteiger partial charge in [0, 0.05) is 17.8 Å². The highest BCUT2D eigenvalue weighted by molar-refractivity contribution is 5.96. The number of rotatable bonds is 4. The van der Waals surface area contributed by atoms with Gasteiger partial charge < -0.3 is 10.7 Å². The molecule has 1 aromatic rings. The van der Waals surface area contributed by atoms with Gasteiger partial charge in [-0.2, -0.15) is 0 Å². The van der Waals surface area contributed by atoms with E-state index in [2.05, 4.69) is 17.7 Å². The molecule has 0 heterocycles. The summed E-state index contributed by atoms with van der Waals surface area (Å²) in [5.41, 5.74) is 5.07. The smallest absolute Gasteiger partial charge is 0.251 e. The molecule has 4 nitrogen and oxygen atoms in total. The van der Waals surface area contributed by atoms with E-state index < -0.39 is 0 Å². The van der Waals surface area contributed by atoms with Crippen molar-refractivity contribution in [3.05, 3.63) is 29.3 Å². The van der Waals surface area contributed by atoms with E-state index >= 15 is 0 Å². The van der Waals surface area contributed by atoms with E-state index in [0.29, 0.717) is 5.92 Å². The van der Waals surface area contributed by atoms with E-state index in [0.717, 1.165) is 29.3 Å². The summed E-state index contributed by atoms with van der Waals surface area (Å²) in [6.07, 6.45) is 3.75. The van der Waals surface area contributed by atoms with Crippen molar-refractivity contribution < 1.29 is 4.79 Å². The highest BCUT2D eigenvalue weighted by Gasteiger charge is 2.21. The lowest BCUT2D eigenvalue weighted by molar-refractivity contribution is 0.0946. The molecule has 104 valence electrons. The Balaban J connectivity index is 1.92. The van der Waals surface area contributed by atoms with Gasteiger partial charge in [0.05, 0.1) is 0 Å². The van der Waals surface area contributed by atoms with Gasteiger partial charge >= 0.3 is 0 Å². The third kappa shape index (κ3) is 3.47. The SMILES string of the molecule is Cc1cc(NN)ccc1C(=O)NCC1CCC(C)C1. The zero-order valence-electron chi connectivity index (χ0n) is 11.7. The Kier molecular flexibility index (Phi) is 4.43. The first-order valence-electron chi connectivity index (χ1n) is 6.95. The number of nitrogens with one attached hydrogen (secondary N) is 2. The first kappa shape index (κ1) is 13.9. The largest absolute Gasteiger partial charge is 0.352 e. The lowest BCUT2D eigenvalue weighted by Crippen LogP contribution is -2.29. The lowest BCUT2D eigenvalue weighted by Gasteiger charge is -2.13. The molecule has 1 aliphatic rings. The summed E-state index contributed by atoms with van der Waals surface area (Å²) in [7, 11) is 0. The molecular formula is C15H23N3O. The maximum atomic E-state index is 12.1. The van der Waals surface area contributed by atoms with Crippen LogP contribution in [0.4, 0.5) is 5.69 Å². The van der Waals surface area contributed by atoms with Crippen LogP contribution in [0.5, 0.6) is 0 Å². The second kappa shape index (κ2) is 6.06. The number of hydrogen-bond donors (Lipinski definition) is 3. The summed E-state index contributed by atoms with van der Waals surface area (Å²) in [5, 5.41) is 3.05. The Morgan fingerprint density at radius 3 is 2.79 bits per heavy atom. The monoisotopic (exact) mass is 261 g/mol. The first-order chi connectivity index (χ1) is 9.10. The minimum atomic E-state index is 0.0145. The zero-order chi connectivity index (χ0) is 13.8. The van der Waals surface area contributed by atoms with Gasteiger partial charge in [-0.25, -0.2) is 0 Å². The van der Waals surface area contributed by atoms with Crippen LogP contribution in [0.1, 0.15) is 42.1 Å². The lowest BCUT2D eigenvalue weighted by atomic mass is 10.0. The standard InChI is InChI=1S/C15H23N3O/c1-10-3-4-12(7-10)9-17-15(19)14-6-5-13(18-16)8-11(14)2/h5-6,8,10,12,18H,3-4,7,9,16H2,1-2H3,(H,17,19). The van der Waals surface area contributed by atoms with Gasteiger partial charge in [-0.1, -0.05) is 13.3 Å². The highest BCUT2D eigenvalue weighted by Crippen LogP contribution is 2.29. The van der Waals surface area contributed by atoms with Crippen molar-refractivity contribution in [3.63, 3.8) is 0 Å². The normalized spacial score (nSPS) is 22.3. The maximum absolute atomic E-state index is 12.1. The number of hydrogen-bond acceptors (Lipinski definition) is 3. The molecule has 19 heavy (non-hydrogen) atoms. The Labute approximate surface area is 114 Å². The van der Waals surface area contributed by atoms with E-state index in [-0.39, 0.29) is 5.91 Å². The fourth-order valence-electron chi connectivity index (χ4n) is 2.85.